The number of nitrogens with one attached hydrogen (secondary N) is 1. The first-order valence-electron chi connectivity index (χ1n) is 3.15. The first kappa shape index (κ1) is 9.71. The van der Waals surface area contributed by atoms with E-state index in [1.807, 2.05) is 0 Å². The third-order valence-corrected chi connectivity index (χ3v) is 1.17. The van der Waals surface area contributed by atoms with Gasteiger partial charge in [0.05, 0.1) is 0 Å². The van der Waals surface area contributed by atoms with Gasteiger partial charge in [0.15, 0.2) is 5.96 Å². The molecule has 0 aromatic heterocycles. The SMILES string of the molecule is C=CCN(C(=N)N)C(O)C=C. The number of hydrogen-bond donors (Lipinski definition) is 3. The van der Waals surface area contributed by atoms with Crippen molar-refractivity contribution in [1.29, 1.82) is 5.41 Å². The molecule has 0 heterocycles. The van der Waals surface area contributed by atoms with Crippen LogP contribution in [-0.2, 0) is 0 Å². The molecule has 0 aliphatic rings. The van der Waals surface area contributed by atoms with Gasteiger partial charge in [0.2, 0.25) is 0 Å². The lowest BCUT2D eigenvalue weighted by molar-refractivity contribution is 0.103. The van der Waals surface area contributed by atoms with Crippen LogP contribution in [0.1, 0.15) is 0 Å². The van der Waals surface area contributed by atoms with Crippen LogP contribution in [0.15, 0.2) is 25.3 Å². The van der Waals surface area contributed by atoms with E-state index in [1.165, 1.54) is 11.0 Å². The van der Waals surface area contributed by atoms with E-state index in [-0.39, 0.29) is 5.96 Å². The first-order chi connectivity index (χ1) is 5.13. The molecule has 1 unspecified atom stereocenters. The van der Waals surface area contributed by atoms with Crippen molar-refractivity contribution in [3.63, 3.8) is 0 Å². The Hall–Kier alpha value is -1.29. The van der Waals surface area contributed by atoms with Gasteiger partial charge in [-0.3, -0.25) is 5.41 Å². The van der Waals surface area contributed by atoms with Crippen LogP contribution >= 0.6 is 0 Å². The number of nitrogens with zero attached hydrogens (tertiary/aromatic N) is 1. The lowest BCUT2D eigenvalue weighted by Crippen LogP contribution is -2.43. The van der Waals surface area contributed by atoms with E-state index in [9.17, 15) is 0 Å². The largest absolute Gasteiger partial charge is 0.370 e. The van der Waals surface area contributed by atoms with E-state index in [1.54, 1.807) is 6.08 Å². The van der Waals surface area contributed by atoms with Crippen LogP contribution in [0.2, 0.25) is 0 Å². The molecule has 62 valence electrons. The zero-order chi connectivity index (χ0) is 8.85. The maximum atomic E-state index is 9.16. The van der Waals surface area contributed by atoms with Crippen LogP contribution in [0, 0.1) is 5.41 Å². The summed E-state index contributed by atoms with van der Waals surface area (Å²) in [7, 11) is 0. The fourth-order valence-electron chi connectivity index (χ4n) is 0.615. The monoisotopic (exact) mass is 155 g/mol. The normalized spacial score (nSPS) is 11.7. The Morgan fingerprint density at radius 3 is 2.55 bits per heavy atom. The van der Waals surface area contributed by atoms with Gasteiger partial charge in [-0.15, -0.1) is 6.58 Å². The van der Waals surface area contributed by atoms with Crippen molar-refractivity contribution in [2.24, 2.45) is 5.73 Å². The summed E-state index contributed by atoms with van der Waals surface area (Å²) in [6, 6.07) is 0. The number of hydrogen-bond acceptors (Lipinski definition) is 2. The standard InChI is InChI=1S/C7H13N3O/c1-3-5-10(7(8)9)6(11)4-2/h3-4,6,11H,1-2,5H2,(H3,8,9). The van der Waals surface area contributed by atoms with Gasteiger partial charge < -0.3 is 15.7 Å². The Kier molecular flexibility index (Phi) is 3.98. The number of rotatable bonds is 4. The third-order valence-electron chi connectivity index (χ3n) is 1.17. The average molecular weight is 155 g/mol. The van der Waals surface area contributed by atoms with Crippen molar-refractivity contribution in [2.75, 3.05) is 6.54 Å². The van der Waals surface area contributed by atoms with Crippen LogP contribution in [0.5, 0.6) is 0 Å². The summed E-state index contributed by atoms with van der Waals surface area (Å²) >= 11 is 0. The predicted molar refractivity (Wildman–Crippen MR) is 45.0 cm³/mol. The molecule has 0 spiro atoms. The molecule has 4 nitrogen and oxygen atoms in total. The first-order valence-corrected chi connectivity index (χ1v) is 3.15. The van der Waals surface area contributed by atoms with Crippen LogP contribution in [0.25, 0.3) is 0 Å². The highest BCUT2D eigenvalue weighted by molar-refractivity contribution is 5.75. The average Bonchev–Trinajstić information content (AvgIpc) is 1.98. The van der Waals surface area contributed by atoms with Gasteiger partial charge in [-0.25, -0.2) is 0 Å². The van der Waals surface area contributed by atoms with Crippen LogP contribution in [0.4, 0.5) is 0 Å². The second kappa shape index (κ2) is 4.51. The zero-order valence-corrected chi connectivity index (χ0v) is 6.33. The molecule has 1 atom stereocenters. The van der Waals surface area contributed by atoms with E-state index in [2.05, 4.69) is 13.2 Å². The zero-order valence-electron chi connectivity index (χ0n) is 6.33. The van der Waals surface area contributed by atoms with E-state index in [0.29, 0.717) is 6.54 Å². The summed E-state index contributed by atoms with van der Waals surface area (Å²) in [6.07, 6.45) is 1.93. The van der Waals surface area contributed by atoms with Crippen molar-refractivity contribution in [3.8, 4) is 0 Å². The topological polar surface area (TPSA) is 73.3 Å². The molecule has 4 N–H and O–H groups in total. The number of nitrogens with two attached hydrogens (primary N) is 1. The van der Waals surface area contributed by atoms with Gasteiger partial charge in [-0.05, 0) is 6.08 Å². The highest BCUT2D eigenvalue weighted by atomic mass is 16.3. The van der Waals surface area contributed by atoms with Gasteiger partial charge in [-0.2, -0.15) is 0 Å². The van der Waals surface area contributed by atoms with E-state index >= 15 is 0 Å². The molecule has 0 aromatic carbocycles. The summed E-state index contributed by atoms with van der Waals surface area (Å²) in [4.78, 5) is 1.25. The molecule has 0 amide bonds. The van der Waals surface area contributed by atoms with Crippen molar-refractivity contribution in [1.82, 2.24) is 4.90 Å². The van der Waals surface area contributed by atoms with E-state index < -0.39 is 6.23 Å². The Balaban J connectivity index is 4.19. The maximum absolute atomic E-state index is 9.16. The van der Waals surface area contributed by atoms with Crippen molar-refractivity contribution in [2.45, 2.75) is 6.23 Å². The molecule has 0 saturated heterocycles. The Labute approximate surface area is 66.1 Å². The van der Waals surface area contributed by atoms with Crippen molar-refractivity contribution < 1.29 is 5.11 Å². The third kappa shape index (κ3) is 2.86. The minimum atomic E-state index is -0.912. The second-order valence-electron chi connectivity index (χ2n) is 1.98. The van der Waals surface area contributed by atoms with Crippen LogP contribution < -0.4 is 5.73 Å². The molecule has 0 radical (unpaired) electrons. The molecule has 0 saturated carbocycles. The summed E-state index contributed by atoms with van der Waals surface area (Å²) in [5.41, 5.74) is 5.15. The molecule has 0 aromatic rings. The molecular formula is C7H13N3O. The lowest BCUT2D eigenvalue weighted by atomic mass is 10.4. The van der Waals surface area contributed by atoms with E-state index in [0.717, 1.165) is 0 Å². The smallest absolute Gasteiger partial charge is 0.190 e. The molecule has 0 rings (SSSR count). The summed E-state index contributed by atoms with van der Waals surface area (Å²) in [6.45, 7) is 7.16. The molecule has 0 aliphatic carbocycles. The highest BCUT2D eigenvalue weighted by Crippen LogP contribution is 1.95. The summed E-state index contributed by atoms with van der Waals surface area (Å²) in [5, 5.41) is 16.2. The molecule has 0 fully saturated rings. The van der Waals surface area contributed by atoms with Gasteiger partial charge in [-0.1, -0.05) is 12.7 Å². The molecule has 11 heavy (non-hydrogen) atoms. The maximum Gasteiger partial charge on any atom is 0.190 e. The summed E-state index contributed by atoms with van der Waals surface area (Å²) < 4.78 is 0. The van der Waals surface area contributed by atoms with Crippen LogP contribution in [-0.4, -0.2) is 28.7 Å². The van der Waals surface area contributed by atoms with E-state index in [4.69, 9.17) is 16.2 Å². The van der Waals surface area contributed by atoms with Crippen molar-refractivity contribution in [3.05, 3.63) is 25.3 Å². The van der Waals surface area contributed by atoms with Crippen molar-refractivity contribution >= 4 is 5.96 Å². The Morgan fingerprint density at radius 2 is 2.27 bits per heavy atom. The summed E-state index contributed by atoms with van der Waals surface area (Å²) in [5.74, 6) is -0.197. The van der Waals surface area contributed by atoms with Gasteiger partial charge in [0, 0.05) is 6.54 Å². The Bertz CT molecular complexity index is 167. The second-order valence-corrected chi connectivity index (χ2v) is 1.98. The highest BCUT2D eigenvalue weighted by Gasteiger charge is 2.10. The quantitative estimate of drug-likeness (QED) is 0.229. The fraction of sp³-hybridized carbons (Fsp3) is 0.286. The molecule has 4 heteroatoms. The lowest BCUT2D eigenvalue weighted by Gasteiger charge is -2.24. The molecule has 0 aliphatic heterocycles. The van der Waals surface area contributed by atoms with Gasteiger partial charge in [0.25, 0.3) is 0 Å². The molecular weight excluding hydrogens is 142 g/mol. The van der Waals surface area contributed by atoms with Crippen LogP contribution in [0.3, 0.4) is 0 Å². The number of guanidine groups is 1. The van der Waals surface area contributed by atoms with Gasteiger partial charge in [0.1, 0.15) is 6.23 Å². The van der Waals surface area contributed by atoms with Gasteiger partial charge >= 0.3 is 0 Å². The minimum absolute atomic E-state index is 0.197. The Morgan fingerprint density at radius 1 is 1.73 bits per heavy atom. The fourth-order valence-corrected chi connectivity index (χ4v) is 0.615. The predicted octanol–water partition coefficient (Wildman–Crippen LogP) is -0.128. The number of aliphatic hydroxyl groups excluding tert-OH is 1. The minimum Gasteiger partial charge on any atom is -0.370 e. The molecule has 0 bridgehead atoms. The number of aliphatic hydroxyl groups is 1.